The number of hydrogen-bond acceptors (Lipinski definition) is 4. The van der Waals surface area contributed by atoms with Crippen molar-refractivity contribution in [3.63, 3.8) is 0 Å². The first-order valence-electron chi connectivity index (χ1n) is 6.51. The van der Waals surface area contributed by atoms with Crippen LogP contribution in [0.2, 0.25) is 0 Å². The topological polar surface area (TPSA) is 66.8 Å². The Kier molecular flexibility index (Phi) is 4.37. The molecule has 0 saturated carbocycles. The Labute approximate surface area is 118 Å². The van der Waals surface area contributed by atoms with E-state index >= 15 is 0 Å². The van der Waals surface area contributed by atoms with Gasteiger partial charge in [0.1, 0.15) is 12.4 Å². The number of hydrogen-bond donors (Lipinski definition) is 2. The van der Waals surface area contributed by atoms with E-state index in [9.17, 15) is 9.90 Å². The van der Waals surface area contributed by atoms with Crippen LogP contribution < -0.4 is 4.74 Å². The second-order valence-electron chi connectivity index (χ2n) is 4.91. The summed E-state index contributed by atoms with van der Waals surface area (Å²) in [7, 11) is 0. The van der Waals surface area contributed by atoms with Crippen molar-refractivity contribution in [2.45, 2.75) is 12.5 Å². The maximum Gasteiger partial charge on any atom is 0.172 e. The van der Waals surface area contributed by atoms with Crippen LogP contribution >= 0.6 is 0 Å². The van der Waals surface area contributed by atoms with Gasteiger partial charge in [0.15, 0.2) is 5.78 Å². The Balaban J connectivity index is 2.13. The summed E-state index contributed by atoms with van der Waals surface area (Å²) in [4.78, 5) is 12.4. The molecule has 1 aliphatic rings. The summed E-state index contributed by atoms with van der Waals surface area (Å²) in [5.74, 6) is -0.123. The summed E-state index contributed by atoms with van der Waals surface area (Å²) in [6.45, 7) is 1.79. The second-order valence-corrected chi connectivity index (χ2v) is 4.91. The summed E-state index contributed by atoms with van der Waals surface area (Å²) in [6.07, 6.45) is 6.82. The zero-order chi connectivity index (χ0) is 14.6. The third-order valence-corrected chi connectivity index (χ3v) is 3.26. The standard InChI is InChI=1S/C16H18O4/c1-16(19)9-3-2-4-14(16)15(18)12-5-7-13(8-6-12)20-11-10-17/h2-9,14,17,19H,10-11H2,1H3. The van der Waals surface area contributed by atoms with E-state index in [0.717, 1.165) is 0 Å². The van der Waals surface area contributed by atoms with Crippen molar-refractivity contribution in [2.24, 2.45) is 5.92 Å². The first kappa shape index (κ1) is 14.5. The van der Waals surface area contributed by atoms with Gasteiger partial charge in [0.2, 0.25) is 0 Å². The molecule has 4 nitrogen and oxygen atoms in total. The third-order valence-electron chi connectivity index (χ3n) is 3.26. The molecule has 2 unspecified atom stereocenters. The molecule has 1 aromatic rings. The van der Waals surface area contributed by atoms with Gasteiger partial charge in [-0.3, -0.25) is 4.79 Å². The van der Waals surface area contributed by atoms with Gasteiger partial charge < -0.3 is 14.9 Å². The van der Waals surface area contributed by atoms with Gasteiger partial charge in [-0.2, -0.15) is 0 Å². The molecule has 0 amide bonds. The molecule has 4 heteroatoms. The molecule has 0 bridgehead atoms. The molecule has 2 atom stereocenters. The molecule has 0 aromatic heterocycles. The average molecular weight is 274 g/mol. The molecular weight excluding hydrogens is 256 g/mol. The minimum atomic E-state index is -1.17. The molecule has 0 saturated heterocycles. The lowest BCUT2D eigenvalue weighted by molar-refractivity contribution is 0.0521. The normalized spacial score (nSPS) is 24.6. The molecule has 106 valence electrons. The molecule has 0 fully saturated rings. The number of carbonyl (C=O) groups excluding carboxylic acids is 1. The predicted octanol–water partition coefficient (Wildman–Crippen LogP) is 1.73. The van der Waals surface area contributed by atoms with Gasteiger partial charge in [0, 0.05) is 5.56 Å². The maximum absolute atomic E-state index is 12.4. The molecular formula is C16H18O4. The number of allylic oxidation sites excluding steroid dienone is 2. The van der Waals surface area contributed by atoms with E-state index in [1.807, 2.05) is 0 Å². The maximum atomic E-state index is 12.4. The van der Waals surface area contributed by atoms with Crippen LogP contribution in [0.5, 0.6) is 5.75 Å². The molecule has 2 N–H and O–H groups in total. The number of rotatable bonds is 5. The molecule has 0 heterocycles. The van der Waals surface area contributed by atoms with Crippen molar-refractivity contribution in [1.82, 2.24) is 0 Å². The lowest BCUT2D eigenvalue weighted by Crippen LogP contribution is -2.37. The minimum absolute atomic E-state index is 0.0528. The number of Topliss-reactive ketones (excluding diaryl/α,β-unsaturated/α-hetero) is 1. The fourth-order valence-corrected chi connectivity index (χ4v) is 2.14. The van der Waals surface area contributed by atoms with Crippen LogP contribution in [-0.2, 0) is 0 Å². The minimum Gasteiger partial charge on any atom is -0.491 e. The highest BCUT2D eigenvalue weighted by Gasteiger charge is 2.34. The van der Waals surface area contributed by atoms with Crippen LogP contribution in [0.4, 0.5) is 0 Å². The van der Waals surface area contributed by atoms with E-state index in [1.165, 1.54) is 0 Å². The highest BCUT2D eigenvalue weighted by atomic mass is 16.5. The van der Waals surface area contributed by atoms with Gasteiger partial charge in [-0.05, 0) is 31.2 Å². The first-order valence-corrected chi connectivity index (χ1v) is 6.51. The molecule has 2 rings (SSSR count). The van der Waals surface area contributed by atoms with Crippen LogP contribution in [0.1, 0.15) is 17.3 Å². The van der Waals surface area contributed by atoms with Crippen LogP contribution in [0, 0.1) is 5.92 Å². The first-order chi connectivity index (χ1) is 9.54. The van der Waals surface area contributed by atoms with Crippen LogP contribution in [0.3, 0.4) is 0 Å². The lowest BCUT2D eigenvalue weighted by Gasteiger charge is -2.28. The van der Waals surface area contributed by atoms with Crippen LogP contribution in [-0.4, -0.2) is 34.8 Å². The molecule has 20 heavy (non-hydrogen) atoms. The number of ketones is 1. The van der Waals surface area contributed by atoms with Crippen molar-refractivity contribution < 1.29 is 19.7 Å². The highest BCUT2D eigenvalue weighted by Crippen LogP contribution is 2.28. The van der Waals surface area contributed by atoms with E-state index < -0.39 is 11.5 Å². The molecule has 0 aliphatic heterocycles. The van der Waals surface area contributed by atoms with Crippen molar-refractivity contribution >= 4 is 5.78 Å². The number of aliphatic hydroxyl groups is 2. The summed E-state index contributed by atoms with van der Waals surface area (Å²) < 4.78 is 5.24. The molecule has 1 aliphatic carbocycles. The number of aliphatic hydroxyl groups excluding tert-OH is 1. The van der Waals surface area contributed by atoms with E-state index in [4.69, 9.17) is 9.84 Å². The molecule has 0 spiro atoms. The Morgan fingerprint density at radius 3 is 2.60 bits per heavy atom. The molecule has 0 radical (unpaired) electrons. The van der Waals surface area contributed by atoms with E-state index in [0.29, 0.717) is 11.3 Å². The van der Waals surface area contributed by atoms with E-state index in [-0.39, 0.29) is 19.0 Å². The zero-order valence-corrected chi connectivity index (χ0v) is 11.3. The quantitative estimate of drug-likeness (QED) is 0.803. The monoisotopic (exact) mass is 274 g/mol. The Hall–Kier alpha value is -1.91. The van der Waals surface area contributed by atoms with Crippen LogP contribution in [0.15, 0.2) is 48.6 Å². The van der Waals surface area contributed by atoms with Crippen LogP contribution in [0.25, 0.3) is 0 Å². The Morgan fingerprint density at radius 1 is 1.30 bits per heavy atom. The number of benzene rings is 1. The summed E-state index contributed by atoms with van der Waals surface area (Å²) >= 11 is 0. The summed E-state index contributed by atoms with van der Waals surface area (Å²) in [5.41, 5.74) is -0.649. The third kappa shape index (κ3) is 3.15. The largest absolute Gasteiger partial charge is 0.491 e. The number of ether oxygens (including phenoxy) is 1. The van der Waals surface area contributed by atoms with Gasteiger partial charge in [0.05, 0.1) is 18.1 Å². The van der Waals surface area contributed by atoms with Crippen molar-refractivity contribution in [3.05, 3.63) is 54.1 Å². The smallest absolute Gasteiger partial charge is 0.172 e. The predicted molar refractivity (Wildman–Crippen MR) is 75.7 cm³/mol. The fourth-order valence-electron chi connectivity index (χ4n) is 2.14. The lowest BCUT2D eigenvalue weighted by atomic mass is 9.80. The van der Waals surface area contributed by atoms with E-state index in [1.54, 1.807) is 55.5 Å². The number of carbonyl (C=O) groups is 1. The fraction of sp³-hybridized carbons (Fsp3) is 0.312. The van der Waals surface area contributed by atoms with Crippen molar-refractivity contribution in [1.29, 1.82) is 0 Å². The Morgan fingerprint density at radius 2 is 2.00 bits per heavy atom. The summed E-state index contributed by atoms with van der Waals surface area (Å²) in [6, 6.07) is 6.69. The molecule has 1 aromatic carbocycles. The highest BCUT2D eigenvalue weighted by molar-refractivity contribution is 6.00. The zero-order valence-electron chi connectivity index (χ0n) is 11.3. The van der Waals surface area contributed by atoms with Gasteiger partial charge in [0.25, 0.3) is 0 Å². The van der Waals surface area contributed by atoms with Gasteiger partial charge >= 0.3 is 0 Å². The Bertz CT molecular complexity index is 526. The van der Waals surface area contributed by atoms with Crippen molar-refractivity contribution in [3.8, 4) is 5.75 Å². The average Bonchev–Trinajstić information content (AvgIpc) is 2.44. The van der Waals surface area contributed by atoms with Gasteiger partial charge in [-0.25, -0.2) is 0 Å². The SMILES string of the molecule is CC1(O)C=CC=CC1C(=O)c1ccc(OCCO)cc1. The van der Waals surface area contributed by atoms with E-state index in [2.05, 4.69) is 0 Å². The van der Waals surface area contributed by atoms with Gasteiger partial charge in [-0.1, -0.05) is 24.3 Å². The van der Waals surface area contributed by atoms with Gasteiger partial charge in [-0.15, -0.1) is 0 Å². The van der Waals surface area contributed by atoms with Crippen molar-refractivity contribution in [2.75, 3.05) is 13.2 Å². The second kappa shape index (κ2) is 6.03. The summed E-state index contributed by atoms with van der Waals surface area (Å²) in [5, 5.41) is 18.9.